The Balaban J connectivity index is 1.38. The summed E-state index contributed by atoms with van der Waals surface area (Å²) in [7, 11) is 0. The summed E-state index contributed by atoms with van der Waals surface area (Å²) in [5.74, 6) is 2.35. The van der Waals surface area contributed by atoms with Gasteiger partial charge in [-0.1, -0.05) is 44.2 Å². The van der Waals surface area contributed by atoms with E-state index < -0.39 is 6.23 Å². The molecule has 2 saturated heterocycles. The summed E-state index contributed by atoms with van der Waals surface area (Å²) in [5.41, 5.74) is 15.2. The first-order valence-corrected chi connectivity index (χ1v) is 17.0. The van der Waals surface area contributed by atoms with E-state index in [-0.39, 0.29) is 24.3 Å². The summed E-state index contributed by atoms with van der Waals surface area (Å²) >= 11 is 0. The molecule has 248 valence electrons. The Morgan fingerprint density at radius 2 is 2.09 bits per heavy atom. The molecule has 2 fully saturated rings. The molecular formula is C36H51N7O3. The molecular weight excluding hydrogens is 578 g/mol. The number of likely N-dealkylation sites (tertiary alicyclic amines) is 1. The number of nitrogens with zero attached hydrogens (tertiary/aromatic N) is 4. The van der Waals surface area contributed by atoms with Gasteiger partial charge >= 0.3 is 0 Å². The van der Waals surface area contributed by atoms with Crippen LogP contribution in [-0.2, 0) is 11.3 Å². The van der Waals surface area contributed by atoms with Crippen LogP contribution in [0.3, 0.4) is 0 Å². The minimum Gasteiger partial charge on any atom is -0.493 e. The number of aliphatic hydroxyl groups is 1. The van der Waals surface area contributed by atoms with E-state index >= 15 is 0 Å². The van der Waals surface area contributed by atoms with E-state index in [1.54, 1.807) is 0 Å². The van der Waals surface area contributed by atoms with Crippen LogP contribution in [0.5, 0.6) is 5.75 Å². The summed E-state index contributed by atoms with van der Waals surface area (Å²) in [5, 5.41) is 23.6. The molecule has 3 aliphatic rings. The Morgan fingerprint density at radius 1 is 1.26 bits per heavy atom. The summed E-state index contributed by atoms with van der Waals surface area (Å²) in [6, 6.07) is 8.80. The number of aromatic nitrogens is 1. The Hall–Kier alpha value is -3.78. The van der Waals surface area contributed by atoms with Crippen LogP contribution in [0.25, 0.3) is 5.70 Å². The van der Waals surface area contributed by atoms with Gasteiger partial charge in [-0.3, -0.25) is 4.57 Å². The predicted molar refractivity (Wildman–Crippen MR) is 184 cm³/mol. The minimum absolute atomic E-state index is 0.0426. The maximum Gasteiger partial charge on any atom is 0.148 e. The van der Waals surface area contributed by atoms with Crippen LogP contribution in [0.15, 0.2) is 41.9 Å². The zero-order valence-corrected chi connectivity index (χ0v) is 27.3. The standard InChI is InChI=1S/C36H51N7O3/c1-25-19-29(23-44)46-36(25)43-34(31(21-37)33(26(2)39)35(43)41-24-38)40-22-27-13-14-30(28-11-5-3-6-12-28)32(20-27)45-18-10-9-17-42-15-7-4-8-16-42/h3,5,13-14,20,24-25,28-29,36,40,44H,2,4,6-12,15-19,22-23,39H2,1H3,(H2,38,41)/t25-,28?,29?,36?/m0/s1. The molecule has 10 heteroatoms. The monoisotopic (exact) mass is 629 g/mol. The van der Waals surface area contributed by atoms with E-state index in [1.165, 1.54) is 44.3 Å². The van der Waals surface area contributed by atoms with Crippen molar-refractivity contribution in [2.75, 3.05) is 38.2 Å². The van der Waals surface area contributed by atoms with Crippen LogP contribution >= 0.6 is 0 Å². The molecule has 0 spiro atoms. The predicted octanol–water partition coefficient (Wildman–Crippen LogP) is 5.90. The van der Waals surface area contributed by atoms with Crippen LogP contribution in [0.1, 0.15) is 99.1 Å². The second-order valence-electron chi connectivity index (χ2n) is 12.9. The zero-order chi connectivity index (χ0) is 32.5. The van der Waals surface area contributed by atoms with Crippen molar-refractivity contribution in [3.05, 3.63) is 59.2 Å². The van der Waals surface area contributed by atoms with E-state index in [1.807, 2.05) is 4.57 Å². The third-order valence-corrected chi connectivity index (χ3v) is 9.54. The fourth-order valence-electron chi connectivity index (χ4n) is 7.18. The number of aliphatic imine (C=N–C) groups is 1. The Morgan fingerprint density at radius 3 is 2.76 bits per heavy atom. The topological polar surface area (TPSA) is 147 Å². The van der Waals surface area contributed by atoms with Crippen LogP contribution < -0.4 is 21.5 Å². The molecule has 46 heavy (non-hydrogen) atoms. The molecule has 0 amide bonds. The van der Waals surface area contributed by atoms with Crippen molar-refractivity contribution >= 4 is 23.7 Å². The summed E-state index contributed by atoms with van der Waals surface area (Å²) in [6.07, 6.45) is 15.0. The number of piperidine rings is 1. The first kappa shape index (κ1) is 33.6. The molecule has 3 heterocycles. The largest absolute Gasteiger partial charge is 0.493 e. The normalized spacial score (nSPS) is 23.5. The molecule has 4 atom stereocenters. The molecule has 5 rings (SSSR count). The number of rotatable bonds is 14. The van der Waals surface area contributed by atoms with Crippen LogP contribution in [0.2, 0.25) is 0 Å². The van der Waals surface area contributed by atoms with E-state index in [4.69, 9.17) is 20.9 Å². The highest BCUT2D eigenvalue weighted by molar-refractivity contribution is 5.83. The number of nitriles is 1. The lowest BCUT2D eigenvalue weighted by Crippen LogP contribution is -2.30. The van der Waals surface area contributed by atoms with Gasteiger partial charge in [-0.15, -0.1) is 0 Å². The lowest BCUT2D eigenvalue weighted by Gasteiger charge is -2.26. The van der Waals surface area contributed by atoms with Gasteiger partial charge < -0.3 is 36.3 Å². The van der Waals surface area contributed by atoms with Crippen LogP contribution in [0, 0.1) is 17.2 Å². The fraction of sp³-hybridized carbons (Fsp3) is 0.556. The number of benzene rings is 1. The van der Waals surface area contributed by atoms with Gasteiger partial charge in [-0.25, -0.2) is 4.99 Å². The van der Waals surface area contributed by atoms with E-state index in [2.05, 4.69) is 65.1 Å². The molecule has 10 nitrogen and oxygen atoms in total. The highest BCUT2D eigenvalue weighted by Crippen LogP contribution is 2.45. The summed E-state index contributed by atoms with van der Waals surface area (Å²) in [6.45, 7) is 10.6. The van der Waals surface area contributed by atoms with E-state index in [9.17, 15) is 10.4 Å². The third kappa shape index (κ3) is 7.77. The molecule has 2 aliphatic heterocycles. The zero-order valence-electron chi connectivity index (χ0n) is 27.3. The number of allylic oxidation sites excluding steroid dienone is 2. The van der Waals surface area contributed by atoms with Crippen molar-refractivity contribution in [3.63, 3.8) is 0 Å². The van der Waals surface area contributed by atoms with E-state index in [0.717, 1.165) is 50.0 Å². The van der Waals surface area contributed by atoms with E-state index in [0.29, 0.717) is 48.3 Å². The second-order valence-corrected chi connectivity index (χ2v) is 12.9. The first-order chi connectivity index (χ1) is 22.4. The van der Waals surface area contributed by atoms with Gasteiger partial charge in [0.2, 0.25) is 0 Å². The number of anilines is 1. The first-order valence-electron chi connectivity index (χ1n) is 17.0. The average Bonchev–Trinajstić information content (AvgIpc) is 3.60. The molecule has 1 aliphatic carbocycles. The van der Waals surface area contributed by atoms with Gasteiger partial charge in [0.15, 0.2) is 0 Å². The molecule has 1 aromatic heterocycles. The molecule has 6 N–H and O–H groups in total. The smallest absolute Gasteiger partial charge is 0.148 e. The minimum atomic E-state index is -0.482. The number of nitrogens with two attached hydrogens (primary N) is 2. The maximum absolute atomic E-state index is 10.3. The van der Waals surface area contributed by atoms with Crippen molar-refractivity contribution in [1.29, 1.82) is 5.26 Å². The average molecular weight is 630 g/mol. The van der Waals surface area contributed by atoms with Crippen molar-refractivity contribution in [3.8, 4) is 11.8 Å². The number of aliphatic hydroxyl groups excluding tert-OH is 1. The van der Waals surface area contributed by atoms with Gasteiger partial charge in [0.05, 0.1) is 31.2 Å². The number of hydrogen-bond acceptors (Lipinski definition) is 8. The quantitative estimate of drug-likeness (QED) is 0.0874. The van der Waals surface area contributed by atoms with Crippen LogP contribution in [-0.4, -0.2) is 59.9 Å². The summed E-state index contributed by atoms with van der Waals surface area (Å²) in [4.78, 5) is 6.99. The fourth-order valence-corrected chi connectivity index (χ4v) is 7.18. The molecule has 0 saturated carbocycles. The number of hydrogen-bond donors (Lipinski definition) is 4. The highest BCUT2D eigenvalue weighted by Gasteiger charge is 2.38. The second kappa shape index (κ2) is 16.2. The Labute approximate surface area is 273 Å². The SMILES string of the molecule is C=C(N)c1c(C#N)c(NCc2ccc(C3CC=CCC3)c(OCCCCN3CCCCC3)c2)n(C2OC(CO)C[C@@H]2C)c1N=CN. The van der Waals surface area contributed by atoms with Crippen LogP contribution in [0.4, 0.5) is 11.6 Å². The highest BCUT2D eigenvalue weighted by atomic mass is 16.5. The number of ether oxygens (including phenoxy) is 2. The number of nitrogens with one attached hydrogen (secondary N) is 1. The van der Waals surface area contributed by atoms with Gasteiger partial charge in [-0.2, -0.15) is 5.26 Å². The molecule has 1 aromatic carbocycles. The van der Waals surface area contributed by atoms with Crippen molar-refractivity contribution in [2.45, 2.75) is 89.5 Å². The van der Waals surface area contributed by atoms with Crippen molar-refractivity contribution in [2.24, 2.45) is 22.4 Å². The van der Waals surface area contributed by atoms with Gasteiger partial charge in [0.25, 0.3) is 0 Å². The lowest BCUT2D eigenvalue weighted by molar-refractivity contribution is -0.0291. The molecule has 3 unspecified atom stereocenters. The van der Waals surface area contributed by atoms with Crippen molar-refractivity contribution < 1.29 is 14.6 Å². The van der Waals surface area contributed by atoms with Gasteiger partial charge in [0.1, 0.15) is 35.2 Å². The number of unbranched alkanes of at least 4 members (excludes halogenated alkanes) is 1. The Bertz CT molecular complexity index is 1440. The third-order valence-electron chi connectivity index (χ3n) is 9.54. The lowest BCUT2D eigenvalue weighted by atomic mass is 9.87. The summed E-state index contributed by atoms with van der Waals surface area (Å²) < 4.78 is 14.6. The molecule has 0 radical (unpaired) electrons. The Kier molecular flexibility index (Phi) is 11.8. The van der Waals surface area contributed by atoms with Crippen molar-refractivity contribution in [1.82, 2.24) is 9.47 Å². The molecule has 2 aromatic rings. The molecule has 0 bridgehead atoms. The van der Waals surface area contributed by atoms with Gasteiger partial charge in [-0.05, 0) is 94.1 Å². The van der Waals surface area contributed by atoms with Gasteiger partial charge in [0, 0.05) is 18.2 Å². The maximum atomic E-state index is 10.3.